The zero-order valence-corrected chi connectivity index (χ0v) is 14.6. The second-order valence-electron chi connectivity index (χ2n) is 5.16. The van der Waals surface area contributed by atoms with Crippen LogP contribution < -0.4 is 5.56 Å². The first-order valence-electron chi connectivity index (χ1n) is 7.87. The van der Waals surface area contributed by atoms with Crippen LogP contribution in [0.2, 0.25) is 0 Å². The van der Waals surface area contributed by atoms with E-state index < -0.39 is 17.5 Å². The maximum Gasteiger partial charge on any atom is 0.339 e. The molecule has 0 amide bonds. The minimum absolute atomic E-state index is 0.180. The first-order chi connectivity index (χ1) is 11.6. The van der Waals surface area contributed by atoms with Gasteiger partial charge in [0.1, 0.15) is 11.4 Å². The van der Waals surface area contributed by atoms with Crippen LogP contribution in [0.5, 0.6) is 0 Å². The normalized spacial score (nSPS) is 10.8. The number of hydrogen-bond acceptors (Lipinski definition) is 7. The molecular formula is C16H20N2O5S. The fourth-order valence-electron chi connectivity index (χ4n) is 2.16. The van der Waals surface area contributed by atoms with Gasteiger partial charge in [0.2, 0.25) is 0 Å². The third-order valence-electron chi connectivity index (χ3n) is 3.37. The minimum Gasteiger partial charge on any atom is -0.464 e. The highest BCUT2D eigenvalue weighted by Crippen LogP contribution is 2.21. The van der Waals surface area contributed by atoms with Gasteiger partial charge in [0.25, 0.3) is 5.56 Å². The summed E-state index contributed by atoms with van der Waals surface area (Å²) in [6, 6.07) is 0. The highest BCUT2D eigenvalue weighted by molar-refractivity contribution is 7.17. The Morgan fingerprint density at radius 2 is 2.04 bits per heavy atom. The van der Waals surface area contributed by atoms with Crippen molar-refractivity contribution in [3.05, 3.63) is 27.6 Å². The second kappa shape index (κ2) is 8.58. The first-order valence-corrected chi connectivity index (χ1v) is 8.75. The number of carbonyl (C=O) groups excluding carboxylic acids is 2. The summed E-state index contributed by atoms with van der Waals surface area (Å²) in [7, 11) is 0. The lowest BCUT2D eigenvalue weighted by molar-refractivity contribution is -0.144. The van der Waals surface area contributed by atoms with Gasteiger partial charge in [-0.15, -0.1) is 11.3 Å². The molecule has 0 spiro atoms. The van der Waals surface area contributed by atoms with Crippen LogP contribution in [0.3, 0.4) is 0 Å². The smallest absolute Gasteiger partial charge is 0.339 e. The van der Waals surface area contributed by atoms with Crippen LogP contribution in [0, 0.1) is 0 Å². The molecule has 0 saturated heterocycles. The fourth-order valence-corrected chi connectivity index (χ4v) is 3.03. The summed E-state index contributed by atoms with van der Waals surface area (Å²) in [5.74, 6) is -1.06. The lowest BCUT2D eigenvalue weighted by Gasteiger charge is -2.07. The van der Waals surface area contributed by atoms with Gasteiger partial charge in [0.15, 0.2) is 0 Å². The summed E-state index contributed by atoms with van der Waals surface area (Å²) in [6.45, 7) is 4.08. The van der Waals surface area contributed by atoms with Crippen molar-refractivity contribution in [1.29, 1.82) is 0 Å². The molecule has 7 nitrogen and oxygen atoms in total. The quantitative estimate of drug-likeness (QED) is 0.535. The van der Waals surface area contributed by atoms with E-state index in [-0.39, 0.29) is 24.1 Å². The molecule has 0 bridgehead atoms. The Labute approximate surface area is 143 Å². The molecule has 130 valence electrons. The lowest BCUT2D eigenvalue weighted by atomic mass is 10.2. The highest BCUT2D eigenvalue weighted by atomic mass is 32.1. The molecule has 0 N–H and O–H groups in total. The molecule has 0 fully saturated rings. The molecule has 2 aromatic heterocycles. The maximum atomic E-state index is 12.5. The van der Waals surface area contributed by atoms with Gasteiger partial charge in [-0.25, -0.2) is 9.78 Å². The lowest BCUT2D eigenvalue weighted by Crippen LogP contribution is -2.26. The van der Waals surface area contributed by atoms with Crippen molar-refractivity contribution in [1.82, 2.24) is 9.55 Å². The molecule has 0 aliphatic carbocycles. The van der Waals surface area contributed by atoms with Gasteiger partial charge in [-0.3, -0.25) is 14.2 Å². The van der Waals surface area contributed by atoms with Crippen LogP contribution in [0.1, 0.15) is 43.5 Å². The number of rotatable bonds is 8. The summed E-state index contributed by atoms with van der Waals surface area (Å²) in [5, 5.41) is 1.73. The number of hydrogen-bond donors (Lipinski definition) is 0. The van der Waals surface area contributed by atoms with Crippen molar-refractivity contribution in [2.45, 2.75) is 39.7 Å². The van der Waals surface area contributed by atoms with Crippen LogP contribution >= 0.6 is 11.3 Å². The molecule has 0 radical (unpaired) electrons. The first kappa shape index (κ1) is 18.1. The standard InChI is InChI=1S/C16H20N2O5S/c1-3-5-6-7-23-12(19)8-18-10-17-14-13(15(18)20)11(9-24-14)16(21)22-4-2/h9-10H,3-8H2,1-2H3. The number of thiophene rings is 1. The van der Waals surface area contributed by atoms with Gasteiger partial charge in [0.05, 0.1) is 30.5 Å². The Balaban J connectivity index is 2.18. The average Bonchev–Trinajstić information content (AvgIpc) is 2.99. The van der Waals surface area contributed by atoms with Gasteiger partial charge in [0, 0.05) is 5.38 Å². The molecule has 0 saturated carbocycles. The number of nitrogens with zero attached hydrogens (tertiary/aromatic N) is 2. The number of esters is 2. The number of unbranched alkanes of at least 4 members (excludes halogenated alkanes) is 2. The van der Waals surface area contributed by atoms with E-state index in [4.69, 9.17) is 9.47 Å². The molecule has 2 rings (SSSR count). The minimum atomic E-state index is -0.567. The van der Waals surface area contributed by atoms with E-state index >= 15 is 0 Å². The summed E-state index contributed by atoms with van der Waals surface area (Å²) < 4.78 is 11.2. The predicted molar refractivity (Wildman–Crippen MR) is 90.3 cm³/mol. The van der Waals surface area contributed by atoms with E-state index in [0.29, 0.717) is 11.4 Å². The van der Waals surface area contributed by atoms with Gasteiger partial charge in [-0.05, 0) is 13.3 Å². The molecule has 0 aliphatic rings. The number of carbonyl (C=O) groups is 2. The maximum absolute atomic E-state index is 12.5. The largest absolute Gasteiger partial charge is 0.464 e. The highest BCUT2D eigenvalue weighted by Gasteiger charge is 2.19. The van der Waals surface area contributed by atoms with E-state index in [1.165, 1.54) is 17.7 Å². The van der Waals surface area contributed by atoms with Crippen molar-refractivity contribution in [2.75, 3.05) is 13.2 Å². The SMILES string of the molecule is CCCCCOC(=O)Cn1cnc2scc(C(=O)OCC)c2c1=O. The molecule has 0 atom stereocenters. The van der Waals surface area contributed by atoms with E-state index in [9.17, 15) is 14.4 Å². The third kappa shape index (κ3) is 4.19. The van der Waals surface area contributed by atoms with E-state index in [1.807, 2.05) is 0 Å². The summed E-state index contributed by atoms with van der Waals surface area (Å²) in [5.41, 5.74) is -0.269. The Bertz CT molecular complexity index is 780. The summed E-state index contributed by atoms with van der Waals surface area (Å²) >= 11 is 1.19. The van der Waals surface area contributed by atoms with Crippen LogP contribution in [0.15, 0.2) is 16.5 Å². The van der Waals surface area contributed by atoms with Crippen LogP contribution in [-0.2, 0) is 20.8 Å². The van der Waals surface area contributed by atoms with E-state index in [2.05, 4.69) is 11.9 Å². The predicted octanol–water partition coefficient (Wildman–Crippen LogP) is 2.37. The number of fused-ring (bicyclic) bond motifs is 1. The molecular weight excluding hydrogens is 332 g/mol. The number of ether oxygens (including phenoxy) is 2. The van der Waals surface area contributed by atoms with Gasteiger partial charge >= 0.3 is 11.9 Å². The van der Waals surface area contributed by atoms with Gasteiger partial charge < -0.3 is 9.47 Å². The summed E-state index contributed by atoms with van der Waals surface area (Å²) in [4.78, 5) is 40.9. The van der Waals surface area contributed by atoms with Crippen LogP contribution in [0.4, 0.5) is 0 Å². The molecule has 24 heavy (non-hydrogen) atoms. The molecule has 2 heterocycles. The van der Waals surface area contributed by atoms with Crippen molar-refractivity contribution < 1.29 is 19.1 Å². The average molecular weight is 352 g/mol. The second-order valence-corrected chi connectivity index (χ2v) is 6.01. The van der Waals surface area contributed by atoms with Crippen molar-refractivity contribution in [3.63, 3.8) is 0 Å². The number of aromatic nitrogens is 2. The Hall–Kier alpha value is -2.22. The van der Waals surface area contributed by atoms with Crippen molar-refractivity contribution in [2.24, 2.45) is 0 Å². The molecule has 0 aliphatic heterocycles. The van der Waals surface area contributed by atoms with Gasteiger partial charge in [-0.1, -0.05) is 19.8 Å². The van der Waals surface area contributed by atoms with Crippen molar-refractivity contribution in [3.8, 4) is 0 Å². The van der Waals surface area contributed by atoms with Crippen LogP contribution in [0.25, 0.3) is 10.2 Å². The topological polar surface area (TPSA) is 87.5 Å². The Morgan fingerprint density at radius 3 is 2.75 bits per heavy atom. The third-order valence-corrected chi connectivity index (χ3v) is 4.25. The van der Waals surface area contributed by atoms with Crippen LogP contribution in [-0.4, -0.2) is 34.7 Å². The molecule has 8 heteroatoms. The van der Waals surface area contributed by atoms with E-state index in [0.717, 1.165) is 23.8 Å². The van der Waals surface area contributed by atoms with E-state index in [1.54, 1.807) is 12.3 Å². The summed E-state index contributed by atoms with van der Waals surface area (Å²) in [6.07, 6.45) is 4.11. The zero-order chi connectivity index (χ0) is 17.5. The monoisotopic (exact) mass is 352 g/mol. The molecule has 2 aromatic rings. The van der Waals surface area contributed by atoms with Gasteiger partial charge in [-0.2, -0.15) is 0 Å². The van der Waals surface area contributed by atoms with Crippen molar-refractivity contribution >= 4 is 33.5 Å². The zero-order valence-electron chi connectivity index (χ0n) is 13.7. The Morgan fingerprint density at radius 1 is 1.25 bits per heavy atom. The molecule has 0 aromatic carbocycles. The fraction of sp³-hybridized carbons (Fsp3) is 0.500. The Kier molecular flexibility index (Phi) is 6.48. The molecule has 0 unspecified atom stereocenters.